The predicted molar refractivity (Wildman–Crippen MR) is 212 cm³/mol. The van der Waals surface area contributed by atoms with E-state index in [0.717, 1.165) is 62.1 Å². The van der Waals surface area contributed by atoms with Crippen molar-refractivity contribution in [3.63, 3.8) is 0 Å². The molecule has 3 unspecified atom stereocenters. The van der Waals surface area contributed by atoms with Crippen molar-refractivity contribution in [2.24, 2.45) is 22.1 Å². The summed E-state index contributed by atoms with van der Waals surface area (Å²) in [6.45, 7) is 16.9. The summed E-state index contributed by atoms with van der Waals surface area (Å²) >= 11 is 6.49. The molecule has 2 aliphatic heterocycles. The third kappa shape index (κ3) is 8.76. The van der Waals surface area contributed by atoms with Crippen LogP contribution in [-0.4, -0.2) is 66.9 Å². The number of aryl methyl sites for hydroxylation is 1. The summed E-state index contributed by atoms with van der Waals surface area (Å²) in [6, 6.07) is 11.4. The van der Waals surface area contributed by atoms with Crippen LogP contribution in [-0.2, 0) is 45.6 Å². The highest BCUT2D eigenvalue weighted by atomic mass is 35.5. The van der Waals surface area contributed by atoms with Gasteiger partial charge in [-0.1, -0.05) is 43.7 Å². The summed E-state index contributed by atoms with van der Waals surface area (Å²) < 4.78 is 46.6. The van der Waals surface area contributed by atoms with Crippen molar-refractivity contribution in [2.45, 2.75) is 107 Å². The maximum absolute atomic E-state index is 15.0. The molecule has 0 bridgehead atoms. The first kappa shape index (κ1) is 40.4. The number of hydrogen-bond donors (Lipinski definition) is 1. The van der Waals surface area contributed by atoms with Gasteiger partial charge in [-0.05, 0) is 119 Å². The second-order valence-electron chi connectivity index (χ2n) is 16.0. The first-order valence-corrected chi connectivity index (χ1v) is 21.3. The molecule has 6 atom stereocenters. The first-order valence-electron chi connectivity index (χ1n) is 19.4. The summed E-state index contributed by atoms with van der Waals surface area (Å²) in [5.41, 5.74) is 1.46. The Bertz CT molecular complexity index is 1850. The van der Waals surface area contributed by atoms with Gasteiger partial charge in [0.25, 0.3) is 5.91 Å². The Morgan fingerprint density at radius 2 is 1.96 bits per heavy atom. The van der Waals surface area contributed by atoms with Gasteiger partial charge in [-0.15, -0.1) is 17.5 Å². The number of benzene rings is 2. The van der Waals surface area contributed by atoms with E-state index in [4.69, 9.17) is 30.5 Å². The lowest BCUT2D eigenvalue weighted by Gasteiger charge is -2.46. The van der Waals surface area contributed by atoms with Crippen LogP contribution in [0.4, 0.5) is 5.69 Å². The van der Waals surface area contributed by atoms with Crippen LogP contribution in [0.15, 0.2) is 71.0 Å². The van der Waals surface area contributed by atoms with Crippen LogP contribution in [0.25, 0.3) is 0 Å². The summed E-state index contributed by atoms with van der Waals surface area (Å²) in [7, 11) is -3.81. The molecule has 54 heavy (non-hydrogen) atoms. The fourth-order valence-corrected chi connectivity index (χ4v) is 10.0. The average Bonchev–Trinajstić information content (AvgIpc) is 3.29. The number of ether oxygens (including phenoxy) is 4. The van der Waals surface area contributed by atoms with Gasteiger partial charge >= 0.3 is 0 Å². The third-order valence-electron chi connectivity index (χ3n) is 11.4. The van der Waals surface area contributed by atoms with Gasteiger partial charge in [0.2, 0.25) is 5.91 Å². The number of carbonyl (C=O) groups is 2. The summed E-state index contributed by atoms with van der Waals surface area (Å²) in [4.78, 5) is 29.3. The van der Waals surface area contributed by atoms with Crippen molar-refractivity contribution < 1.29 is 32.7 Å². The normalized spacial score (nSPS) is 25.5. The number of nitrogens with one attached hydrogen (secondary N) is 1. The lowest BCUT2D eigenvalue weighted by Crippen LogP contribution is -2.50. The van der Waals surface area contributed by atoms with Gasteiger partial charge in [-0.25, -0.2) is 4.21 Å². The van der Waals surface area contributed by atoms with Crippen LogP contribution in [0.3, 0.4) is 0 Å². The highest BCUT2D eigenvalue weighted by Gasteiger charge is 2.45. The maximum atomic E-state index is 15.0. The molecule has 2 aromatic rings. The van der Waals surface area contributed by atoms with Gasteiger partial charge in [-0.3, -0.25) is 14.3 Å². The number of fused-ring (bicyclic) bond motifs is 3. The minimum Gasteiger partial charge on any atom is -0.490 e. The molecule has 0 aromatic heterocycles. The molecule has 2 heterocycles. The Morgan fingerprint density at radius 1 is 1.15 bits per heavy atom. The Balaban J connectivity index is 1.41. The molecule has 10 nitrogen and oxygen atoms in total. The number of amides is 2. The van der Waals surface area contributed by atoms with Gasteiger partial charge in [-0.2, -0.15) is 0 Å². The molecule has 2 aliphatic carbocycles. The van der Waals surface area contributed by atoms with E-state index >= 15 is 0 Å². The van der Waals surface area contributed by atoms with E-state index in [2.05, 4.69) is 39.3 Å². The molecule has 4 aliphatic rings. The summed E-state index contributed by atoms with van der Waals surface area (Å²) in [6.07, 6.45) is 11.0. The minimum atomic E-state index is -3.81. The fourth-order valence-electron chi connectivity index (χ4n) is 8.07. The third-order valence-corrected chi connectivity index (χ3v) is 13.4. The predicted octanol–water partition coefficient (Wildman–Crippen LogP) is 7.96. The Labute approximate surface area is 326 Å². The number of hydrogen-bond acceptors (Lipinski definition) is 8. The molecule has 0 radical (unpaired) electrons. The number of nitrogens with zero attached hydrogens (tertiary/aromatic N) is 2. The topological polar surface area (TPSA) is 116 Å². The molecule has 2 fully saturated rings. The zero-order chi connectivity index (χ0) is 38.7. The van der Waals surface area contributed by atoms with Crippen molar-refractivity contribution in [3.05, 3.63) is 77.9 Å². The van der Waals surface area contributed by atoms with E-state index in [1.54, 1.807) is 45.9 Å². The Morgan fingerprint density at radius 3 is 2.65 bits per heavy atom. The molecular formula is C42H56ClN3O7S. The molecule has 294 valence electrons. The van der Waals surface area contributed by atoms with E-state index in [1.807, 2.05) is 12.1 Å². The average molecular weight is 782 g/mol. The Hall–Kier alpha value is -3.22. The van der Waals surface area contributed by atoms with Crippen molar-refractivity contribution in [2.75, 3.05) is 37.8 Å². The molecular weight excluding hydrogens is 726 g/mol. The number of carbonyl (C=O) groups excluding carboxylic acids is 2. The number of anilines is 1. The first-order chi connectivity index (χ1) is 25.8. The molecule has 1 N–H and O–H groups in total. The Kier molecular flexibility index (Phi) is 12.6. The maximum Gasteiger partial charge on any atom is 0.287 e. The second kappa shape index (κ2) is 16.9. The number of halogens is 1. The monoisotopic (exact) mass is 781 g/mol. The van der Waals surface area contributed by atoms with Gasteiger partial charge in [0.1, 0.15) is 11.4 Å². The molecule has 2 amide bonds. The van der Waals surface area contributed by atoms with Crippen LogP contribution >= 0.6 is 11.6 Å². The molecule has 12 heteroatoms. The van der Waals surface area contributed by atoms with Crippen molar-refractivity contribution in [1.29, 1.82) is 0 Å². The SMILES string of the molecule is C=CCOC(C)(C)C(=O)N=S(=O)(NC(=O)C(C)C)c1ccc2c(c1)N(C[C@@H]1CC[C@H]1C(C=C)OC1CCCCO1)C[C@@]1(CCCc3cc(Cl)ccc31)CO2. The largest absolute Gasteiger partial charge is 0.490 e. The fraction of sp³-hybridized carbons (Fsp3) is 0.571. The number of rotatable bonds is 13. The molecule has 1 spiro atoms. The van der Waals surface area contributed by atoms with Gasteiger partial charge in [0.15, 0.2) is 16.2 Å². The van der Waals surface area contributed by atoms with Crippen molar-refractivity contribution in [3.8, 4) is 5.75 Å². The van der Waals surface area contributed by atoms with Crippen LogP contribution in [0.1, 0.15) is 83.8 Å². The standard InChI is InChI=1S/C42H56ClN3O7S/c1-7-21-52-41(5,6)40(48)45-54(49,44-39(47)28(3)4)32-16-19-37-35(24-32)46(25-30-14-17-33(30)36(8-2)53-38-13-9-10-22-50-38)26-42(27-51-37)20-11-12-29-23-31(43)15-18-34(29)42/h7-8,15-16,18-19,23-24,28,30,33,36,38H,1-2,9-14,17,20-22,25-27H2,3-6H3,(H,44,45,47,48,49)/t30-,33+,36?,38?,42-,54?/m0/s1. The van der Waals surface area contributed by atoms with E-state index in [-0.39, 0.29) is 41.1 Å². The second-order valence-corrected chi connectivity index (χ2v) is 18.4. The van der Waals surface area contributed by atoms with Gasteiger partial charge < -0.3 is 23.8 Å². The highest BCUT2D eigenvalue weighted by molar-refractivity contribution is 7.92. The summed E-state index contributed by atoms with van der Waals surface area (Å²) in [5.74, 6) is -0.593. The molecule has 6 rings (SSSR count). The minimum absolute atomic E-state index is 0.101. The van der Waals surface area contributed by atoms with Gasteiger partial charge in [0, 0.05) is 36.1 Å². The van der Waals surface area contributed by atoms with Crippen LogP contribution in [0.2, 0.25) is 5.02 Å². The molecule has 1 saturated heterocycles. The quantitative estimate of drug-likeness (QED) is 0.204. The highest BCUT2D eigenvalue weighted by Crippen LogP contribution is 2.47. The van der Waals surface area contributed by atoms with Crippen molar-refractivity contribution >= 4 is 39.0 Å². The van der Waals surface area contributed by atoms with Crippen LogP contribution < -0.4 is 14.4 Å². The van der Waals surface area contributed by atoms with Crippen molar-refractivity contribution in [1.82, 2.24) is 4.72 Å². The van der Waals surface area contributed by atoms with E-state index in [9.17, 15) is 13.8 Å². The van der Waals surface area contributed by atoms with Crippen LogP contribution in [0, 0.1) is 17.8 Å². The zero-order valence-corrected chi connectivity index (χ0v) is 33.7. The lowest BCUT2D eigenvalue weighted by atomic mass is 9.68. The molecule has 1 saturated carbocycles. The molecule has 2 aromatic carbocycles. The van der Waals surface area contributed by atoms with E-state index < -0.39 is 33.2 Å². The van der Waals surface area contributed by atoms with E-state index in [0.29, 0.717) is 32.1 Å². The van der Waals surface area contributed by atoms with Gasteiger partial charge in [0.05, 0.1) is 29.9 Å². The zero-order valence-electron chi connectivity index (χ0n) is 32.2. The van der Waals surface area contributed by atoms with Crippen LogP contribution in [0.5, 0.6) is 5.75 Å². The smallest absolute Gasteiger partial charge is 0.287 e. The van der Waals surface area contributed by atoms with E-state index in [1.165, 1.54) is 17.2 Å². The lowest BCUT2D eigenvalue weighted by molar-refractivity contribution is -0.197. The summed E-state index contributed by atoms with van der Waals surface area (Å²) in [5, 5.41) is 0.717.